The highest BCUT2D eigenvalue weighted by molar-refractivity contribution is 6.13. The van der Waals surface area contributed by atoms with Gasteiger partial charge in [0.1, 0.15) is 0 Å². The molecule has 33 heavy (non-hydrogen) atoms. The molecule has 1 N–H and O–H groups in total. The molecule has 1 fully saturated rings. The predicted octanol–water partition coefficient (Wildman–Crippen LogP) is 4.18. The third kappa shape index (κ3) is 3.33. The van der Waals surface area contributed by atoms with Crippen molar-refractivity contribution in [3.8, 4) is 23.0 Å². The monoisotopic (exact) mass is 450 g/mol. The highest BCUT2D eigenvalue weighted by Crippen LogP contribution is 2.49. The summed E-state index contributed by atoms with van der Waals surface area (Å²) >= 11 is 0. The van der Waals surface area contributed by atoms with Crippen LogP contribution in [-0.4, -0.2) is 51.8 Å². The van der Waals surface area contributed by atoms with Crippen molar-refractivity contribution in [1.29, 1.82) is 0 Å². The second-order valence-electron chi connectivity index (χ2n) is 8.76. The highest BCUT2D eigenvalue weighted by atomic mass is 16.5. The van der Waals surface area contributed by atoms with Gasteiger partial charge in [0.2, 0.25) is 5.91 Å². The lowest BCUT2D eigenvalue weighted by molar-refractivity contribution is -0.120. The summed E-state index contributed by atoms with van der Waals surface area (Å²) in [4.78, 5) is 14.8. The molecule has 174 valence electrons. The molecule has 0 aromatic heterocycles. The lowest BCUT2D eigenvalue weighted by Gasteiger charge is -2.40. The van der Waals surface area contributed by atoms with Crippen molar-refractivity contribution < 1.29 is 23.7 Å². The molecule has 1 saturated heterocycles. The molecule has 5 rings (SSSR count). The van der Waals surface area contributed by atoms with Gasteiger partial charge in [0, 0.05) is 19.5 Å². The summed E-state index contributed by atoms with van der Waals surface area (Å²) in [6.07, 6.45) is 2.18. The Morgan fingerprint density at radius 1 is 0.848 bits per heavy atom. The predicted molar refractivity (Wildman–Crippen MR) is 128 cm³/mol. The second-order valence-corrected chi connectivity index (χ2v) is 8.76. The minimum absolute atomic E-state index is 0.0271. The van der Waals surface area contributed by atoms with E-state index in [2.05, 4.69) is 16.3 Å². The molecule has 0 unspecified atom stereocenters. The van der Waals surface area contributed by atoms with Gasteiger partial charge in [0.05, 0.1) is 34.5 Å². The number of benzene rings is 3. The van der Waals surface area contributed by atoms with Gasteiger partial charge in [-0.2, -0.15) is 0 Å². The summed E-state index contributed by atoms with van der Waals surface area (Å²) in [5.74, 6) is 2.67. The Balaban J connectivity index is 1.94. The Morgan fingerprint density at radius 2 is 1.36 bits per heavy atom. The third-order valence-corrected chi connectivity index (χ3v) is 7.11. The number of hydrogen-bond donors (Lipinski definition) is 1. The van der Waals surface area contributed by atoms with Crippen LogP contribution >= 0.6 is 0 Å². The van der Waals surface area contributed by atoms with E-state index in [9.17, 15) is 4.79 Å². The van der Waals surface area contributed by atoms with E-state index in [1.54, 1.807) is 35.4 Å². The molecule has 0 radical (unpaired) electrons. The molecule has 0 aliphatic carbocycles. The van der Waals surface area contributed by atoms with E-state index in [1.165, 1.54) is 5.56 Å². The molecule has 7 heteroatoms. The average molecular weight is 451 g/mol. The third-order valence-electron chi connectivity index (χ3n) is 7.11. The molecule has 2 aliphatic rings. The van der Waals surface area contributed by atoms with E-state index < -0.39 is 0 Å². The van der Waals surface area contributed by atoms with Crippen molar-refractivity contribution in [2.24, 2.45) is 0 Å². The first kappa shape index (κ1) is 21.6. The van der Waals surface area contributed by atoms with Crippen LogP contribution in [0.25, 0.3) is 21.5 Å². The standard InChI is InChI=1S/C26H30N2O5/c1-14(29)27-26-20-7-6-8-28(20)13-19-17-11-23(32-4)21(30-2)9-15(17)16-10-22(31-3)24(33-5)12-18(16)25(19)26/h9-12,20,26H,6-8,13H2,1-5H3,(H,27,29)/t20-,26+/m0/s1. The maximum Gasteiger partial charge on any atom is 0.217 e. The zero-order valence-electron chi connectivity index (χ0n) is 19.8. The summed E-state index contributed by atoms with van der Waals surface area (Å²) in [7, 11) is 6.59. The number of rotatable bonds is 5. The van der Waals surface area contributed by atoms with Crippen molar-refractivity contribution in [2.45, 2.75) is 38.4 Å². The number of ether oxygens (including phenoxy) is 4. The lowest BCUT2D eigenvalue weighted by Crippen LogP contribution is -2.46. The van der Waals surface area contributed by atoms with E-state index in [1.807, 2.05) is 18.2 Å². The van der Waals surface area contributed by atoms with Crippen LogP contribution in [0, 0.1) is 0 Å². The Hall–Kier alpha value is -3.19. The van der Waals surface area contributed by atoms with Crippen molar-refractivity contribution in [1.82, 2.24) is 10.2 Å². The number of methoxy groups -OCH3 is 4. The van der Waals surface area contributed by atoms with Crippen LogP contribution in [0.3, 0.4) is 0 Å². The highest BCUT2D eigenvalue weighted by Gasteiger charge is 2.40. The molecule has 2 atom stereocenters. The molecule has 0 saturated carbocycles. The number of hydrogen-bond acceptors (Lipinski definition) is 6. The largest absolute Gasteiger partial charge is 0.493 e. The normalized spacial score (nSPS) is 19.8. The number of nitrogens with one attached hydrogen (secondary N) is 1. The molecular formula is C26H30N2O5. The number of nitrogens with zero attached hydrogens (tertiary/aromatic N) is 1. The average Bonchev–Trinajstić information content (AvgIpc) is 3.30. The van der Waals surface area contributed by atoms with Crippen LogP contribution in [0.1, 0.15) is 36.9 Å². The van der Waals surface area contributed by atoms with Gasteiger partial charge in [-0.15, -0.1) is 0 Å². The smallest absolute Gasteiger partial charge is 0.217 e. The first-order valence-electron chi connectivity index (χ1n) is 11.3. The Labute approximate surface area is 193 Å². The Bertz CT molecular complexity index is 1260. The van der Waals surface area contributed by atoms with Crippen LogP contribution in [-0.2, 0) is 11.3 Å². The van der Waals surface area contributed by atoms with Gasteiger partial charge in [-0.3, -0.25) is 9.69 Å². The van der Waals surface area contributed by atoms with Crippen LogP contribution in [0.2, 0.25) is 0 Å². The maximum absolute atomic E-state index is 12.3. The Morgan fingerprint density at radius 3 is 1.91 bits per heavy atom. The molecule has 3 aromatic carbocycles. The molecule has 7 nitrogen and oxygen atoms in total. The van der Waals surface area contributed by atoms with Gasteiger partial charge in [-0.25, -0.2) is 0 Å². The van der Waals surface area contributed by atoms with Crippen molar-refractivity contribution in [2.75, 3.05) is 35.0 Å². The minimum atomic E-state index is -0.105. The SMILES string of the molecule is COc1cc2c3c(c4cc(OC)c(OC)cc4c2cc1OC)[C@H](NC(C)=O)[C@@H]1CCCN1C3. The molecule has 2 aliphatic heterocycles. The minimum Gasteiger partial charge on any atom is -0.493 e. The van der Waals surface area contributed by atoms with Crippen LogP contribution in [0.4, 0.5) is 0 Å². The second kappa shape index (κ2) is 8.30. The molecule has 2 heterocycles. The first-order chi connectivity index (χ1) is 16.0. The van der Waals surface area contributed by atoms with Crippen molar-refractivity contribution in [3.63, 3.8) is 0 Å². The van der Waals surface area contributed by atoms with E-state index in [0.29, 0.717) is 23.0 Å². The summed E-state index contributed by atoms with van der Waals surface area (Å²) in [6.45, 7) is 3.44. The fraction of sp³-hybridized carbons (Fsp3) is 0.423. The topological polar surface area (TPSA) is 69.3 Å². The number of carbonyl (C=O) groups is 1. The summed E-state index contributed by atoms with van der Waals surface area (Å²) in [6, 6.07) is 8.33. The molecule has 0 bridgehead atoms. The van der Waals surface area contributed by atoms with E-state index in [-0.39, 0.29) is 18.0 Å². The van der Waals surface area contributed by atoms with E-state index in [0.717, 1.165) is 53.0 Å². The fourth-order valence-corrected chi connectivity index (χ4v) is 5.72. The van der Waals surface area contributed by atoms with Crippen LogP contribution in [0.15, 0.2) is 24.3 Å². The lowest BCUT2D eigenvalue weighted by atomic mass is 9.81. The van der Waals surface area contributed by atoms with Gasteiger partial charge in [0.25, 0.3) is 0 Å². The number of carbonyl (C=O) groups excluding carboxylic acids is 1. The summed E-state index contributed by atoms with van der Waals surface area (Å²) < 4.78 is 22.6. The van der Waals surface area contributed by atoms with Crippen LogP contribution < -0.4 is 24.3 Å². The van der Waals surface area contributed by atoms with Crippen LogP contribution in [0.5, 0.6) is 23.0 Å². The van der Waals surface area contributed by atoms with Crippen molar-refractivity contribution >= 4 is 27.5 Å². The molecule has 1 amide bonds. The molecule has 3 aromatic rings. The zero-order chi connectivity index (χ0) is 23.3. The van der Waals surface area contributed by atoms with Gasteiger partial charge < -0.3 is 24.3 Å². The Kier molecular flexibility index (Phi) is 5.44. The summed E-state index contributed by atoms with van der Waals surface area (Å²) in [5.41, 5.74) is 2.37. The fourth-order valence-electron chi connectivity index (χ4n) is 5.72. The number of amides is 1. The van der Waals surface area contributed by atoms with Crippen molar-refractivity contribution in [3.05, 3.63) is 35.4 Å². The summed E-state index contributed by atoms with van der Waals surface area (Å²) in [5, 5.41) is 7.53. The zero-order valence-corrected chi connectivity index (χ0v) is 19.8. The van der Waals surface area contributed by atoms with Gasteiger partial charge in [0.15, 0.2) is 23.0 Å². The number of fused-ring (bicyclic) bond motifs is 7. The molecular weight excluding hydrogens is 420 g/mol. The van der Waals surface area contributed by atoms with Gasteiger partial charge in [-0.1, -0.05) is 0 Å². The van der Waals surface area contributed by atoms with E-state index in [4.69, 9.17) is 18.9 Å². The first-order valence-corrected chi connectivity index (χ1v) is 11.3. The van der Waals surface area contributed by atoms with Gasteiger partial charge in [-0.05, 0) is 76.3 Å². The van der Waals surface area contributed by atoms with Gasteiger partial charge >= 0.3 is 0 Å². The maximum atomic E-state index is 12.3. The molecule has 0 spiro atoms. The quantitative estimate of drug-likeness (QED) is 0.588. The van der Waals surface area contributed by atoms with E-state index >= 15 is 0 Å².